The van der Waals surface area contributed by atoms with Gasteiger partial charge in [-0.15, -0.1) is 0 Å². The van der Waals surface area contributed by atoms with E-state index in [0.29, 0.717) is 5.33 Å². The molecule has 2 nitrogen and oxygen atoms in total. The number of alkyl halides is 1. The van der Waals surface area contributed by atoms with Gasteiger partial charge in [-0.3, -0.25) is 9.59 Å². The Morgan fingerprint density at radius 2 is 1.10 bits per heavy atom. The monoisotopic (exact) mass is 586 g/mol. The van der Waals surface area contributed by atoms with E-state index in [2.05, 4.69) is 101 Å². The summed E-state index contributed by atoms with van der Waals surface area (Å²) < 4.78 is 1.93. The Bertz CT molecular complexity index is 888. The number of hydrogen-bond acceptors (Lipinski definition) is 2. The van der Waals surface area contributed by atoms with E-state index in [9.17, 15) is 9.59 Å². The van der Waals surface area contributed by atoms with Crippen LogP contribution in [0.2, 0.25) is 0 Å². The molecule has 0 aliphatic carbocycles. The third-order valence-corrected chi connectivity index (χ3v) is 5.80. The van der Waals surface area contributed by atoms with Crippen molar-refractivity contribution >= 4 is 59.4 Å². The van der Waals surface area contributed by atoms with Crippen LogP contribution in [0.25, 0.3) is 0 Å². The summed E-state index contributed by atoms with van der Waals surface area (Å²) in [7, 11) is 0. The summed E-state index contributed by atoms with van der Waals surface area (Å²) in [6.07, 6.45) is 0. The first-order valence-corrected chi connectivity index (χ1v) is 12.1. The first kappa shape index (κ1) is 26.3. The number of Topliss-reactive ketones (excluding diaryl/α,β-unsaturated/α-hetero) is 2. The maximum Gasteiger partial charge on any atom is 0.173 e. The first-order valence-electron chi connectivity index (χ1n) is 9.37. The quantitative estimate of drug-likeness (QED) is 0.267. The molecule has 0 aromatic heterocycles. The molecule has 0 fully saturated rings. The lowest BCUT2D eigenvalue weighted by Crippen LogP contribution is -2.12. The second-order valence-electron chi connectivity index (χ2n) is 9.07. The number of rotatable bonds is 3. The van der Waals surface area contributed by atoms with Crippen molar-refractivity contribution in [1.29, 1.82) is 0 Å². The number of carbonyl (C=O) groups is 2. The zero-order valence-electron chi connectivity index (χ0n) is 18.1. The van der Waals surface area contributed by atoms with Crippen molar-refractivity contribution in [2.45, 2.75) is 59.3 Å². The fourth-order valence-electron chi connectivity index (χ4n) is 2.49. The van der Waals surface area contributed by atoms with Gasteiger partial charge >= 0.3 is 0 Å². The van der Waals surface area contributed by atoms with Gasteiger partial charge in [0.1, 0.15) is 0 Å². The zero-order chi connectivity index (χ0) is 22.6. The molecule has 2 aromatic carbocycles. The van der Waals surface area contributed by atoms with Crippen LogP contribution in [0.4, 0.5) is 0 Å². The lowest BCUT2D eigenvalue weighted by molar-refractivity contribution is 0.101. The van der Waals surface area contributed by atoms with Crippen LogP contribution in [0, 0.1) is 0 Å². The second kappa shape index (κ2) is 10.5. The van der Waals surface area contributed by atoms with Crippen LogP contribution >= 0.6 is 47.8 Å². The van der Waals surface area contributed by atoms with Gasteiger partial charge in [-0.05, 0) is 65.3 Å². The number of benzene rings is 2. The van der Waals surface area contributed by atoms with Gasteiger partial charge < -0.3 is 0 Å². The van der Waals surface area contributed by atoms with Gasteiger partial charge in [0.15, 0.2) is 11.6 Å². The normalized spacial score (nSPS) is 11.5. The highest BCUT2D eigenvalue weighted by Gasteiger charge is 2.17. The van der Waals surface area contributed by atoms with E-state index in [4.69, 9.17) is 0 Å². The van der Waals surface area contributed by atoms with Crippen LogP contribution in [0.5, 0.6) is 0 Å². The number of halogens is 3. The van der Waals surface area contributed by atoms with Crippen LogP contribution in [0.3, 0.4) is 0 Å². The number of ketones is 2. The molecule has 0 bridgehead atoms. The molecule has 5 heteroatoms. The lowest BCUT2D eigenvalue weighted by Gasteiger charge is -2.20. The number of hydrogen-bond donors (Lipinski definition) is 0. The third kappa shape index (κ3) is 8.47. The second-order valence-corrected chi connectivity index (χ2v) is 11.5. The molecule has 0 radical (unpaired) electrons. The van der Waals surface area contributed by atoms with E-state index in [1.54, 1.807) is 6.92 Å². The SMILES string of the molecule is CC(=O)c1cc(Br)cc(C(C)(C)C)c1.CC(C)(C)c1cc(Br)cc(C(=O)CBr)c1. The van der Waals surface area contributed by atoms with E-state index in [0.717, 1.165) is 20.1 Å². The van der Waals surface area contributed by atoms with Gasteiger partial charge in [-0.1, -0.05) is 89.3 Å². The third-order valence-electron chi connectivity index (χ3n) is 4.38. The molecule has 0 spiro atoms. The molecular weight excluding hydrogens is 560 g/mol. The van der Waals surface area contributed by atoms with Crippen LogP contribution in [0.1, 0.15) is 80.3 Å². The minimum absolute atomic E-state index is 0.0606. The molecule has 0 atom stereocenters. The molecule has 0 unspecified atom stereocenters. The molecule has 0 aliphatic rings. The highest BCUT2D eigenvalue weighted by molar-refractivity contribution is 9.10. The van der Waals surface area contributed by atoms with E-state index in [1.165, 1.54) is 11.1 Å². The maximum atomic E-state index is 11.6. The summed E-state index contributed by atoms with van der Waals surface area (Å²) in [6.45, 7) is 14.4. The molecular formula is C24H29Br3O2. The fraction of sp³-hybridized carbons (Fsp3) is 0.417. The minimum atomic E-state index is 0.0606. The molecule has 0 heterocycles. The summed E-state index contributed by atoms with van der Waals surface area (Å²) >= 11 is 10.0. The maximum absolute atomic E-state index is 11.6. The van der Waals surface area contributed by atoms with Gasteiger partial charge in [0.25, 0.3) is 0 Å². The molecule has 2 aromatic rings. The van der Waals surface area contributed by atoms with Crippen molar-refractivity contribution in [1.82, 2.24) is 0 Å². The van der Waals surface area contributed by atoms with Gasteiger partial charge in [0.2, 0.25) is 0 Å². The van der Waals surface area contributed by atoms with Gasteiger partial charge in [0, 0.05) is 20.1 Å². The Morgan fingerprint density at radius 3 is 1.45 bits per heavy atom. The predicted octanol–water partition coefficient (Wildman–Crippen LogP) is 8.27. The summed E-state index contributed by atoms with van der Waals surface area (Å²) in [4.78, 5) is 22.8. The summed E-state index contributed by atoms with van der Waals surface area (Å²) in [5, 5.41) is 0.368. The Morgan fingerprint density at radius 1 is 0.724 bits per heavy atom. The average Bonchev–Trinajstić information content (AvgIpc) is 2.59. The Labute approximate surface area is 200 Å². The molecule has 0 N–H and O–H groups in total. The fourth-order valence-corrected chi connectivity index (χ4v) is 3.80. The van der Waals surface area contributed by atoms with Crippen molar-refractivity contribution in [3.05, 3.63) is 67.6 Å². The minimum Gasteiger partial charge on any atom is -0.295 e. The highest BCUT2D eigenvalue weighted by atomic mass is 79.9. The van der Waals surface area contributed by atoms with E-state index in [-0.39, 0.29) is 22.4 Å². The van der Waals surface area contributed by atoms with Gasteiger partial charge in [-0.2, -0.15) is 0 Å². The largest absolute Gasteiger partial charge is 0.295 e. The van der Waals surface area contributed by atoms with Crippen LogP contribution in [0.15, 0.2) is 45.3 Å². The van der Waals surface area contributed by atoms with Crippen molar-refractivity contribution in [2.75, 3.05) is 5.33 Å². The molecule has 158 valence electrons. The first-order chi connectivity index (χ1) is 13.1. The number of carbonyl (C=O) groups excluding carboxylic acids is 2. The molecule has 29 heavy (non-hydrogen) atoms. The molecule has 2 rings (SSSR count). The summed E-state index contributed by atoms with van der Waals surface area (Å²) in [5.74, 6) is 0.221. The Balaban J connectivity index is 0.000000291. The van der Waals surface area contributed by atoms with Gasteiger partial charge in [-0.25, -0.2) is 0 Å². The van der Waals surface area contributed by atoms with Crippen LogP contribution in [-0.2, 0) is 10.8 Å². The smallest absolute Gasteiger partial charge is 0.173 e. The summed E-state index contributed by atoms with van der Waals surface area (Å²) in [6, 6.07) is 11.8. The predicted molar refractivity (Wildman–Crippen MR) is 134 cm³/mol. The molecule has 0 saturated carbocycles. The molecule has 0 amide bonds. The van der Waals surface area contributed by atoms with E-state index >= 15 is 0 Å². The molecule has 0 aliphatic heterocycles. The van der Waals surface area contributed by atoms with Crippen molar-refractivity contribution in [3.8, 4) is 0 Å². The van der Waals surface area contributed by atoms with Crippen molar-refractivity contribution in [2.24, 2.45) is 0 Å². The van der Waals surface area contributed by atoms with Crippen molar-refractivity contribution in [3.63, 3.8) is 0 Å². The van der Waals surface area contributed by atoms with E-state index in [1.807, 2.05) is 24.3 Å². The van der Waals surface area contributed by atoms with Crippen LogP contribution in [-0.4, -0.2) is 16.9 Å². The van der Waals surface area contributed by atoms with E-state index < -0.39 is 0 Å². The van der Waals surface area contributed by atoms with Gasteiger partial charge in [0.05, 0.1) is 5.33 Å². The topological polar surface area (TPSA) is 34.1 Å². The lowest BCUT2D eigenvalue weighted by atomic mass is 9.86. The standard InChI is InChI=1S/C12H14Br2O.C12H15BrO/c1-12(2,3)9-4-8(11(15)7-13)5-10(14)6-9;1-8(14)9-5-10(12(2,3)4)7-11(13)6-9/h4-6H,7H2,1-3H3;5-7H,1-4H3. The van der Waals surface area contributed by atoms with Crippen molar-refractivity contribution < 1.29 is 9.59 Å². The average molecular weight is 589 g/mol. The van der Waals surface area contributed by atoms with Crippen LogP contribution < -0.4 is 0 Å². The Hall–Kier alpha value is -0.780. The molecule has 0 saturated heterocycles. The highest BCUT2D eigenvalue weighted by Crippen LogP contribution is 2.28. The zero-order valence-corrected chi connectivity index (χ0v) is 22.9. The Kier molecular flexibility index (Phi) is 9.50. The summed E-state index contributed by atoms with van der Waals surface area (Å²) in [5.41, 5.74) is 4.01.